The summed E-state index contributed by atoms with van der Waals surface area (Å²) in [5.74, 6) is -1.10. The van der Waals surface area contributed by atoms with E-state index in [1.165, 1.54) is 17.0 Å². The van der Waals surface area contributed by atoms with Crippen molar-refractivity contribution in [2.45, 2.75) is 25.8 Å². The quantitative estimate of drug-likeness (QED) is 0.770. The minimum absolute atomic E-state index is 0.0160. The van der Waals surface area contributed by atoms with Crippen molar-refractivity contribution < 1.29 is 28.2 Å². The Labute approximate surface area is 168 Å². The molecular weight excluding hydrogens is 381 g/mol. The lowest BCUT2D eigenvalue weighted by atomic mass is 9.97. The van der Waals surface area contributed by atoms with Crippen LogP contribution >= 0.6 is 0 Å². The zero-order valence-corrected chi connectivity index (χ0v) is 16.4. The number of carbonyl (C=O) groups is 3. The molecule has 2 fully saturated rings. The highest BCUT2D eigenvalue weighted by Crippen LogP contribution is 2.19. The molecular formula is C20H26FN3O5. The molecule has 9 heteroatoms. The Kier molecular flexibility index (Phi) is 6.90. The molecule has 0 bridgehead atoms. The van der Waals surface area contributed by atoms with Crippen molar-refractivity contribution in [1.82, 2.24) is 15.1 Å². The molecule has 29 heavy (non-hydrogen) atoms. The molecule has 1 aromatic carbocycles. The van der Waals surface area contributed by atoms with Gasteiger partial charge in [0.25, 0.3) is 5.91 Å². The zero-order chi connectivity index (χ0) is 20.8. The normalized spacial score (nSPS) is 17.4. The maximum absolute atomic E-state index is 13.5. The van der Waals surface area contributed by atoms with Crippen molar-refractivity contribution >= 4 is 17.9 Å². The van der Waals surface area contributed by atoms with Gasteiger partial charge in [0.2, 0.25) is 5.91 Å². The Balaban J connectivity index is 1.34. The third kappa shape index (κ3) is 5.36. The molecule has 2 aliphatic heterocycles. The molecule has 0 spiro atoms. The third-order valence-corrected chi connectivity index (χ3v) is 5.16. The molecule has 0 unspecified atom stereocenters. The summed E-state index contributed by atoms with van der Waals surface area (Å²) in [6.45, 7) is 3.60. The molecule has 2 aliphatic rings. The van der Waals surface area contributed by atoms with Crippen LogP contribution in [-0.2, 0) is 14.3 Å². The Hall–Kier alpha value is -2.84. The van der Waals surface area contributed by atoms with Gasteiger partial charge in [0.15, 0.2) is 18.2 Å². The van der Waals surface area contributed by atoms with Crippen LogP contribution in [0.1, 0.15) is 19.8 Å². The molecule has 0 radical (unpaired) electrons. The lowest BCUT2D eigenvalue weighted by Crippen LogP contribution is -2.58. The predicted molar refractivity (Wildman–Crippen MR) is 102 cm³/mol. The number of amides is 3. The summed E-state index contributed by atoms with van der Waals surface area (Å²) >= 11 is 0. The fraction of sp³-hybridized carbons (Fsp3) is 0.550. The highest BCUT2D eigenvalue weighted by molar-refractivity contribution is 5.85. The summed E-state index contributed by atoms with van der Waals surface area (Å²) in [4.78, 5) is 39.4. The standard InChI is InChI=1S/C20H26FN3O5/c1-2-28-20(27)23-9-7-15(8-10-23)22-19(26)14-11-24(12-14)18(25)13-29-17-6-4-3-5-16(17)21/h3-6,14-15H,2,7-13H2,1H3,(H,22,26). The van der Waals surface area contributed by atoms with Crippen molar-refractivity contribution in [3.05, 3.63) is 30.1 Å². The van der Waals surface area contributed by atoms with Crippen molar-refractivity contribution in [3.63, 3.8) is 0 Å². The van der Waals surface area contributed by atoms with Crippen LogP contribution in [0.15, 0.2) is 24.3 Å². The molecule has 1 N–H and O–H groups in total. The van der Waals surface area contributed by atoms with E-state index in [1.807, 2.05) is 0 Å². The van der Waals surface area contributed by atoms with E-state index in [-0.39, 0.29) is 42.2 Å². The van der Waals surface area contributed by atoms with Gasteiger partial charge in [0.05, 0.1) is 12.5 Å². The van der Waals surface area contributed by atoms with Gasteiger partial charge in [-0.1, -0.05) is 12.1 Å². The van der Waals surface area contributed by atoms with Crippen LogP contribution in [0.5, 0.6) is 5.75 Å². The van der Waals surface area contributed by atoms with Crippen LogP contribution < -0.4 is 10.1 Å². The Morgan fingerprint density at radius 1 is 1.14 bits per heavy atom. The van der Waals surface area contributed by atoms with Crippen LogP contribution in [0.25, 0.3) is 0 Å². The molecule has 1 aromatic rings. The lowest BCUT2D eigenvalue weighted by molar-refractivity contribution is -0.145. The summed E-state index contributed by atoms with van der Waals surface area (Å²) in [7, 11) is 0. The number of carbonyl (C=O) groups excluding carboxylic acids is 3. The van der Waals surface area contributed by atoms with E-state index < -0.39 is 5.82 Å². The van der Waals surface area contributed by atoms with Crippen LogP contribution in [0.3, 0.4) is 0 Å². The van der Waals surface area contributed by atoms with E-state index in [0.717, 1.165) is 0 Å². The Morgan fingerprint density at radius 3 is 2.48 bits per heavy atom. The first kappa shape index (κ1) is 20.9. The average Bonchev–Trinajstić information content (AvgIpc) is 2.67. The minimum Gasteiger partial charge on any atom is -0.481 e. The summed E-state index contributed by atoms with van der Waals surface area (Å²) in [6.07, 6.45) is 1.04. The smallest absolute Gasteiger partial charge is 0.409 e. The fourth-order valence-electron chi connectivity index (χ4n) is 3.38. The van der Waals surface area contributed by atoms with Gasteiger partial charge < -0.3 is 24.6 Å². The number of hydrogen-bond acceptors (Lipinski definition) is 5. The molecule has 0 aliphatic carbocycles. The molecule has 0 saturated carbocycles. The molecule has 3 rings (SSSR count). The lowest BCUT2D eigenvalue weighted by Gasteiger charge is -2.39. The maximum Gasteiger partial charge on any atom is 0.409 e. The Morgan fingerprint density at radius 2 is 1.83 bits per heavy atom. The third-order valence-electron chi connectivity index (χ3n) is 5.16. The maximum atomic E-state index is 13.5. The number of para-hydroxylation sites is 1. The second-order valence-corrected chi connectivity index (χ2v) is 7.18. The first-order valence-electron chi connectivity index (χ1n) is 9.85. The van der Waals surface area contributed by atoms with E-state index in [9.17, 15) is 18.8 Å². The number of nitrogens with one attached hydrogen (secondary N) is 1. The minimum atomic E-state index is -0.518. The highest BCUT2D eigenvalue weighted by Gasteiger charge is 2.37. The van der Waals surface area contributed by atoms with Gasteiger partial charge in [0, 0.05) is 32.2 Å². The summed E-state index contributed by atoms with van der Waals surface area (Å²) in [6, 6.07) is 5.92. The number of rotatable bonds is 6. The SMILES string of the molecule is CCOC(=O)N1CCC(NC(=O)C2CN(C(=O)COc3ccccc3F)C2)CC1. The predicted octanol–water partition coefficient (Wildman–Crippen LogP) is 1.40. The van der Waals surface area contributed by atoms with E-state index >= 15 is 0 Å². The topological polar surface area (TPSA) is 88.2 Å². The van der Waals surface area contributed by atoms with Crippen molar-refractivity contribution in [2.24, 2.45) is 5.92 Å². The van der Waals surface area contributed by atoms with Crippen molar-refractivity contribution in [2.75, 3.05) is 39.4 Å². The summed E-state index contributed by atoms with van der Waals surface area (Å²) in [5, 5.41) is 3.00. The molecule has 0 atom stereocenters. The fourth-order valence-corrected chi connectivity index (χ4v) is 3.38. The van der Waals surface area contributed by atoms with E-state index in [4.69, 9.17) is 9.47 Å². The molecule has 2 heterocycles. The zero-order valence-electron chi connectivity index (χ0n) is 16.4. The number of benzene rings is 1. The largest absolute Gasteiger partial charge is 0.481 e. The molecule has 2 saturated heterocycles. The van der Waals surface area contributed by atoms with Gasteiger partial charge in [-0.15, -0.1) is 0 Å². The van der Waals surface area contributed by atoms with Crippen LogP contribution in [-0.4, -0.2) is 73.1 Å². The first-order valence-corrected chi connectivity index (χ1v) is 9.85. The van der Waals surface area contributed by atoms with Gasteiger partial charge in [-0.05, 0) is 31.9 Å². The molecule has 0 aromatic heterocycles. The molecule has 8 nitrogen and oxygen atoms in total. The second-order valence-electron chi connectivity index (χ2n) is 7.18. The number of nitrogens with zero attached hydrogens (tertiary/aromatic N) is 2. The van der Waals surface area contributed by atoms with Crippen molar-refractivity contribution in [3.8, 4) is 5.75 Å². The second kappa shape index (κ2) is 9.58. The van der Waals surface area contributed by atoms with Gasteiger partial charge in [-0.3, -0.25) is 9.59 Å². The number of piperidine rings is 1. The molecule has 3 amide bonds. The number of halogens is 1. The van der Waals surface area contributed by atoms with Gasteiger partial charge in [0.1, 0.15) is 0 Å². The first-order chi connectivity index (χ1) is 14.0. The van der Waals surface area contributed by atoms with Crippen LogP contribution in [0, 0.1) is 11.7 Å². The monoisotopic (exact) mass is 407 g/mol. The van der Waals surface area contributed by atoms with Crippen molar-refractivity contribution in [1.29, 1.82) is 0 Å². The van der Waals surface area contributed by atoms with Crippen LogP contribution in [0.2, 0.25) is 0 Å². The number of hydrogen-bond donors (Lipinski definition) is 1. The van der Waals surface area contributed by atoms with Gasteiger partial charge in [-0.2, -0.15) is 0 Å². The average molecular weight is 407 g/mol. The van der Waals surface area contributed by atoms with Gasteiger partial charge in [-0.25, -0.2) is 9.18 Å². The number of ether oxygens (including phenoxy) is 2. The van der Waals surface area contributed by atoms with Crippen LogP contribution in [0.4, 0.5) is 9.18 Å². The molecule has 158 valence electrons. The number of likely N-dealkylation sites (tertiary alicyclic amines) is 2. The van der Waals surface area contributed by atoms with Gasteiger partial charge >= 0.3 is 6.09 Å². The van der Waals surface area contributed by atoms with E-state index in [0.29, 0.717) is 45.6 Å². The highest BCUT2D eigenvalue weighted by atomic mass is 19.1. The summed E-state index contributed by atoms with van der Waals surface area (Å²) < 4.78 is 23.7. The summed E-state index contributed by atoms with van der Waals surface area (Å²) in [5.41, 5.74) is 0. The Bertz CT molecular complexity index is 745. The van der Waals surface area contributed by atoms with E-state index in [2.05, 4.69) is 5.32 Å². The van der Waals surface area contributed by atoms with E-state index in [1.54, 1.807) is 24.0 Å².